The van der Waals surface area contributed by atoms with Crippen molar-refractivity contribution in [2.24, 2.45) is 0 Å². The summed E-state index contributed by atoms with van der Waals surface area (Å²) >= 11 is 0. The van der Waals surface area contributed by atoms with E-state index < -0.39 is 0 Å². The molecule has 0 amide bonds. The zero-order valence-corrected chi connectivity index (χ0v) is 10.8. The van der Waals surface area contributed by atoms with Crippen LogP contribution in [0.15, 0.2) is 24.3 Å². The maximum atomic E-state index is 4.70. The van der Waals surface area contributed by atoms with Crippen LogP contribution >= 0.6 is 0 Å². The average Bonchev–Trinajstić information content (AvgIpc) is 2.34. The quantitative estimate of drug-likeness (QED) is 0.616. The molecule has 2 nitrogen and oxygen atoms in total. The van der Waals surface area contributed by atoms with E-state index in [1.807, 2.05) is 0 Å². The second kappa shape index (κ2) is 5.85. The van der Waals surface area contributed by atoms with Gasteiger partial charge in [0.05, 0.1) is 0 Å². The number of aromatic nitrogens is 1. The Hall–Kier alpha value is -1.31. The lowest BCUT2D eigenvalue weighted by molar-refractivity contribution is 0.716. The summed E-state index contributed by atoms with van der Waals surface area (Å²) in [6.45, 7) is 7.10. The summed E-state index contributed by atoms with van der Waals surface area (Å²) in [6, 6.07) is 4.43. The molecule has 1 N–H and O–H groups in total. The van der Waals surface area contributed by atoms with Crippen molar-refractivity contribution in [1.82, 2.24) is 4.98 Å². The zero-order chi connectivity index (χ0) is 12.1. The van der Waals surface area contributed by atoms with Crippen LogP contribution in [0, 0.1) is 0 Å². The number of nitrogens with one attached hydrogen (secondary N) is 1. The minimum absolute atomic E-state index is 1.07. The molecule has 0 bridgehead atoms. The topological polar surface area (TPSA) is 24.9 Å². The lowest BCUT2D eigenvalue weighted by Gasteiger charge is -2.17. The molecule has 1 aliphatic heterocycles. The standard InChI is InChI=1S/C15H22N2/c1-12(2)6-3-4-8-14-10-9-13-7-5-11-16-15(13)17-14/h9-10H,1,3-8,11H2,2H3,(H,16,17). The van der Waals surface area contributed by atoms with E-state index in [1.54, 1.807) is 0 Å². The van der Waals surface area contributed by atoms with Crippen LogP contribution in [0.3, 0.4) is 0 Å². The van der Waals surface area contributed by atoms with Crippen molar-refractivity contribution < 1.29 is 0 Å². The first-order valence-electron chi connectivity index (χ1n) is 6.63. The van der Waals surface area contributed by atoms with Crippen molar-refractivity contribution in [3.8, 4) is 0 Å². The van der Waals surface area contributed by atoms with E-state index in [-0.39, 0.29) is 0 Å². The van der Waals surface area contributed by atoms with Crippen LogP contribution in [0.25, 0.3) is 0 Å². The number of nitrogens with zero attached hydrogens (tertiary/aromatic N) is 1. The number of anilines is 1. The van der Waals surface area contributed by atoms with Gasteiger partial charge in [0.1, 0.15) is 5.82 Å². The Morgan fingerprint density at radius 1 is 1.41 bits per heavy atom. The summed E-state index contributed by atoms with van der Waals surface area (Å²) in [5.74, 6) is 1.12. The molecule has 2 rings (SSSR count). The van der Waals surface area contributed by atoms with Gasteiger partial charge in [-0.2, -0.15) is 0 Å². The Kier molecular flexibility index (Phi) is 4.18. The Bertz CT molecular complexity index is 396. The molecule has 0 aromatic carbocycles. The monoisotopic (exact) mass is 230 g/mol. The van der Waals surface area contributed by atoms with E-state index >= 15 is 0 Å². The normalized spacial score (nSPS) is 13.9. The maximum absolute atomic E-state index is 4.70. The van der Waals surface area contributed by atoms with E-state index in [2.05, 4.69) is 31.0 Å². The molecule has 0 fully saturated rings. The van der Waals surface area contributed by atoms with Gasteiger partial charge in [0, 0.05) is 12.2 Å². The Labute approximate surface area is 104 Å². The number of fused-ring (bicyclic) bond motifs is 1. The van der Waals surface area contributed by atoms with Crippen molar-refractivity contribution in [2.45, 2.75) is 45.4 Å². The number of pyridine rings is 1. The van der Waals surface area contributed by atoms with Crippen molar-refractivity contribution in [3.05, 3.63) is 35.5 Å². The number of rotatable bonds is 5. The first-order chi connectivity index (χ1) is 8.25. The summed E-state index contributed by atoms with van der Waals surface area (Å²) in [7, 11) is 0. The molecule has 0 unspecified atom stereocenters. The third-order valence-corrected chi connectivity index (χ3v) is 3.24. The van der Waals surface area contributed by atoms with Crippen molar-refractivity contribution in [1.29, 1.82) is 0 Å². The molecule has 17 heavy (non-hydrogen) atoms. The lowest BCUT2D eigenvalue weighted by atomic mass is 10.0. The minimum Gasteiger partial charge on any atom is -0.370 e. The van der Waals surface area contributed by atoms with Crippen molar-refractivity contribution in [2.75, 3.05) is 11.9 Å². The van der Waals surface area contributed by atoms with Crippen LogP contribution < -0.4 is 5.32 Å². The highest BCUT2D eigenvalue weighted by Crippen LogP contribution is 2.20. The molecule has 2 heteroatoms. The van der Waals surface area contributed by atoms with E-state index in [9.17, 15) is 0 Å². The molecule has 1 aliphatic rings. The fourth-order valence-corrected chi connectivity index (χ4v) is 2.24. The van der Waals surface area contributed by atoms with Crippen molar-refractivity contribution >= 4 is 5.82 Å². The SMILES string of the molecule is C=C(C)CCCCc1ccc2c(n1)NCCC2. The molecule has 0 saturated heterocycles. The summed E-state index contributed by atoms with van der Waals surface area (Å²) < 4.78 is 0. The van der Waals surface area contributed by atoms with E-state index in [1.165, 1.54) is 42.5 Å². The third-order valence-electron chi connectivity index (χ3n) is 3.24. The Morgan fingerprint density at radius 3 is 3.12 bits per heavy atom. The predicted molar refractivity (Wildman–Crippen MR) is 73.4 cm³/mol. The van der Waals surface area contributed by atoms with Crippen LogP contribution in [0.1, 0.15) is 43.9 Å². The van der Waals surface area contributed by atoms with E-state index in [4.69, 9.17) is 4.98 Å². The number of allylic oxidation sites excluding steroid dienone is 1. The van der Waals surface area contributed by atoms with Crippen LogP contribution in [0.5, 0.6) is 0 Å². The minimum atomic E-state index is 1.07. The first kappa shape index (κ1) is 12.2. The Balaban J connectivity index is 1.86. The smallest absolute Gasteiger partial charge is 0.129 e. The van der Waals surface area contributed by atoms with Crippen LogP contribution in [0.2, 0.25) is 0 Å². The largest absolute Gasteiger partial charge is 0.370 e. The molecular formula is C15H22N2. The number of hydrogen-bond acceptors (Lipinski definition) is 2. The van der Waals surface area contributed by atoms with Gasteiger partial charge in [-0.25, -0.2) is 4.98 Å². The van der Waals surface area contributed by atoms with Gasteiger partial charge in [-0.05, 0) is 57.1 Å². The van der Waals surface area contributed by atoms with Gasteiger partial charge >= 0.3 is 0 Å². The average molecular weight is 230 g/mol. The van der Waals surface area contributed by atoms with Gasteiger partial charge in [0.15, 0.2) is 0 Å². The molecule has 1 aromatic rings. The van der Waals surface area contributed by atoms with Gasteiger partial charge in [-0.15, -0.1) is 6.58 Å². The summed E-state index contributed by atoms with van der Waals surface area (Å²) in [5, 5.41) is 3.39. The molecule has 0 radical (unpaired) electrons. The molecule has 1 aromatic heterocycles. The molecule has 92 valence electrons. The molecule has 2 heterocycles. The number of unbranched alkanes of at least 4 members (excludes halogenated alkanes) is 1. The second-order valence-electron chi connectivity index (χ2n) is 5.00. The fraction of sp³-hybridized carbons (Fsp3) is 0.533. The maximum Gasteiger partial charge on any atom is 0.129 e. The van der Waals surface area contributed by atoms with Gasteiger partial charge in [0.2, 0.25) is 0 Å². The summed E-state index contributed by atoms with van der Waals surface area (Å²) in [6.07, 6.45) is 7.06. The van der Waals surface area contributed by atoms with Gasteiger partial charge in [-0.1, -0.05) is 11.6 Å². The molecule has 0 aliphatic carbocycles. The lowest BCUT2D eigenvalue weighted by Crippen LogP contribution is -2.13. The highest BCUT2D eigenvalue weighted by molar-refractivity contribution is 5.46. The molecular weight excluding hydrogens is 208 g/mol. The van der Waals surface area contributed by atoms with Crippen LogP contribution in [0.4, 0.5) is 5.82 Å². The van der Waals surface area contributed by atoms with Gasteiger partial charge in [0.25, 0.3) is 0 Å². The summed E-state index contributed by atoms with van der Waals surface area (Å²) in [4.78, 5) is 4.70. The zero-order valence-electron chi connectivity index (χ0n) is 10.8. The van der Waals surface area contributed by atoms with Gasteiger partial charge in [-0.3, -0.25) is 0 Å². The predicted octanol–water partition coefficient (Wildman–Crippen LogP) is 3.73. The molecule has 0 saturated carbocycles. The second-order valence-corrected chi connectivity index (χ2v) is 5.00. The van der Waals surface area contributed by atoms with Crippen LogP contribution in [-0.2, 0) is 12.8 Å². The van der Waals surface area contributed by atoms with E-state index in [0.717, 1.165) is 25.2 Å². The van der Waals surface area contributed by atoms with Crippen LogP contribution in [-0.4, -0.2) is 11.5 Å². The number of hydrogen-bond donors (Lipinski definition) is 1. The van der Waals surface area contributed by atoms with E-state index in [0.29, 0.717) is 0 Å². The van der Waals surface area contributed by atoms with Gasteiger partial charge < -0.3 is 5.32 Å². The Morgan fingerprint density at radius 2 is 2.29 bits per heavy atom. The molecule has 0 spiro atoms. The summed E-state index contributed by atoms with van der Waals surface area (Å²) in [5.41, 5.74) is 3.88. The number of aryl methyl sites for hydroxylation is 2. The molecule has 0 atom stereocenters. The highest BCUT2D eigenvalue weighted by Gasteiger charge is 2.09. The van der Waals surface area contributed by atoms with Crippen molar-refractivity contribution in [3.63, 3.8) is 0 Å². The first-order valence-corrected chi connectivity index (χ1v) is 6.63. The fourth-order valence-electron chi connectivity index (χ4n) is 2.24. The third kappa shape index (κ3) is 3.58. The highest BCUT2D eigenvalue weighted by atomic mass is 15.0.